The van der Waals surface area contributed by atoms with Crippen molar-refractivity contribution in [2.75, 3.05) is 46.5 Å². The SMILES string of the molecule is CCCOc1cccc(C(O)=C2C(=O)C(=O)N(CCCN(CC)CC)C2c2ccc(OCC)c(OC)c2)c1. The third kappa shape index (κ3) is 6.48. The number of Topliss-reactive ketones (excluding diaryl/α,β-unsaturated/α-hetero) is 1. The highest BCUT2D eigenvalue weighted by atomic mass is 16.5. The molecule has 2 aromatic carbocycles. The molecule has 3 rings (SSSR count). The Balaban J connectivity index is 2.09. The summed E-state index contributed by atoms with van der Waals surface area (Å²) in [5, 5.41) is 11.4. The van der Waals surface area contributed by atoms with Crippen LogP contribution < -0.4 is 14.2 Å². The maximum atomic E-state index is 13.4. The van der Waals surface area contributed by atoms with Gasteiger partial charge in [0, 0.05) is 12.1 Å². The van der Waals surface area contributed by atoms with E-state index in [0.29, 0.717) is 54.6 Å². The largest absolute Gasteiger partial charge is 0.507 e. The van der Waals surface area contributed by atoms with Crippen molar-refractivity contribution in [3.63, 3.8) is 0 Å². The summed E-state index contributed by atoms with van der Waals surface area (Å²) in [4.78, 5) is 30.5. The molecule has 0 spiro atoms. The second-order valence-electron chi connectivity index (χ2n) is 9.09. The Morgan fingerprint density at radius 2 is 1.76 bits per heavy atom. The van der Waals surface area contributed by atoms with Gasteiger partial charge < -0.3 is 29.1 Å². The highest BCUT2D eigenvalue weighted by molar-refractivity contribution is 6.46. The maximum Gasteiger partial charge on any atom is 0.295 e. The first kappa shape index (κ1) is 29.0. The van der Waals surface area contributed by atoms with Crippen LogP contribution in [-0.2, 0) is 9.59 Å². The van der Waals surface area contributed by atoms with Crippen molar-refractivity contribution in [3.05, 3.63) is 59.2 Å². The standard InChI is InChI=1S/C30H40N2O6/c1-6-18-38-23-13-10-12-22(19-23)28(33)26-27(21-14-15-24(37-9-4)25(20-21)36-5)32(30(35)29(26)34)17-11-16-31(7-2)8-3/h10,12-15,19-20,27,33H,6-9,11,16-18H2,1-5H3. The van der Waals surface area contributed by atoms with Gasteiger partial charge >= 0.3 is 0 Å². The summed E-state index contributed by atoms with van der Waals surface area (Å²) >= 11 is 0. The Bertz CT molecular complexity index is 1140. The number of hydrogen-bond donors (Lipinski definition) is 1. The number of amides is 1. The third-order valence-electron chi connectivity index (χ3n) is 6.69. The van der Waals surface area contributed by atoms with Crippen LogP contribution in [0.25, 0.3) is 5.76 Å². The lowest BCUT2D eigenvalue weighted by Crippen LogP contribution is -2.33. The van der Waals surface area contributed by atoms with Crippen molar-refractivity contribution in [3.8, 4) is 17.2 Å². The molecule has 8 nitrogen and oxygen atoms in total. The number of methoxy groups -OCH3 is 1. The lowest BCUT2D eigenvalue weighted by molar-refractivity contribution is -0.140. The zero-order chi connectivity index (χ0) is 27.7. The van der Waals surface area contributed by atoms with Gasteiger partial charge in [-0.1, -0.05) is 39.0 Å². The van der Waals surface area contributed by atoms with Gasteiger partial charge in [0.1, 0.15) is 11.5 Å². The van der Waals surface area contributed by atoms with E-state index < -0.39 is 17.7 Å². The first-order valence-electron chi connectivity index (χ1n) is 13.4. The molecule has 0 aromatic heterocycles. The van der Waals surface area contributed by atoms with Crippen LogP contribution in [0, 0.1) is 0 Å². The van der Waals surface area contributed by atoms with Gasteiger partial charge in [-0.3, -0.25) is 9.59 Å². The van der Waals surface area contributed by atoms with E-state index >= 15 is 0 Å². The number of aliphatic hydroxyl groups excluding tert-OH is 1. The number of aliphatic hydroxyl groups is 1. The number of nitrogens with zero attached hydrogens (tertiary/aromatic N) is 2. The number of benzene rings is 2. The summed E-state index contributed by atoms with van der Waals surface area (Å²) in [6.07, 6.45) is 1.54. The van der Waals surface area contributed by atoms with E-state index in [1.807, 2.05) is 19.9 Å². The summed E-state index contributed by atoms with van der Waals surface area (Å²) in [6, 6.07) is 11.5. The van der Waals surface area contributed by atoms with E-state index in [4.69, 9.17) is 14.2 Å². The molecule has 8 heteroatoms. The predicted molar refractivity (Wildman–Crippen MR) is 148 cm³/mol. The molecule has 0 radical (unpaired) electrons. The van der Waals surface area contributed by atoms with Crippen LogP contribution >= 0.6 is 0 Å². The number of ketones is 1. The van der Waals surface area contributed by atoms with Gasteiger partial charge in [-0.15, -0.1) is 0 Å². The fourth-order valence-corrected chi connectivity index (χ4v) is 4.70. The zero-order valence-corrected chi connectivity index (χ0v) is 23.2. The minimum Gasteiger partial charge on any atom is -0.507 e. The van der Waals surface area contributed by atoms with E-state index in [1.54, 1.807) is 48.4 Å². The van der Waals surface area contributed by atoms with Gasteiger partial charge in [-0.2, -0.15) is 0 Å². The van der Waals surface area contributed by atoms with Crippen LogP contribution in [-0.4, -0.2) is 73.1 Å². The smallest absolute Gasteiger partial charge is 0.295 e. The zero-order valence-electron chi connectivity index (χ0n) is 23.2. The van der Waals surface area contributed by atoms with Crippen molar-refractivity contribution in [2.45, 2.75) is 46.6 Å². The Morgan fingerprint density at radius 1 is 1.00 bits per heavy atom. The highest BCUT2D eigenvalue weighted by Crippen LogP contribution is 2.42. The Kier molecular flexibility index (Phi) is 10.6. The highest BCUT2D eigenvalue weighted by Gasteiger charge is 2.46. The molecule has 1 atom stereocenters. The molecule has 1 aliphatic heterocycles. The van der Waals surface area contributed by atoms with Crippen molar-refractivity contribution >= 4 is 17.4 Å². The molecule has 1 N–H and O–H groups in total. The average Bonchev–Trinajstić information content (AvgIpc) is 3.19. The molecule has 0 bridgehead atoms. The van der Waals surface area contributed by atoms with Gasteiger partial charge in [0.2, 0.25) is 0 Å². The first-order valence-corrected chi connectivity index (χ1v) is 13.4. The molecule has 38 heavy (non-hydrogen) atoms. The summed E-state index contributed by atoms with van der Waals surface area (Å²) in [6.45, 7) is 12.1. The van der Waals surface area contributed by atoms with E-state index in [2.05, 4.69) is 18.7 Å². The summed E-state index contributed by atoms with van der Waals surface area (Å²) < 4.78 is 16.9. The molecule has 206 valence electrons. The van der Waals surface area contributed by atoms with Gasteiger partial charge in [0.05, 0.1) is 31.9 Å². The molecule has 0 aliphatic carbocycles. The molecule has 1 fully saturated rings. The number of rotatable bonds is 14. The summed E-state index contributed by atoms with van der Waals surface area (Å²) in [7, 11) is 1.55. The van der Waals surface area contributed by atoms with Crippen LogP contribution in [0.5, 0.6) is 17.2 Å². The van der Waals surface area contributed by atoms with Crippen LogP contribution in [0.15, 0.2) is 48.0 Å². The Morgan fingerprint density at radius 3 is 2.42 bits per heavy atom. The predicted octanol–water partition coefficient (Wildman–Crippen LogP) is 5.04. The molecule has 1 amide bonds. The molecular formula is C30H40N2O6. The lowest BCUT2D eigenvalue weighted by Gasteiger charge is -2.27. The van der Waals surface area contributed by atoms with Gasteiger partial charge in [-0.25, -0.2) is 0 Å². The molecule has 2 aromatic rings. The second kappa shape index (κ2) is 13.9. The topological polar surface area (TPSA) is 88.5 Å². The van der Waals surface area contributed by atoms with E-state index in [9.17, 15) is 14.7 Å². The minimum absolute atomic E-state index is 0.0525. The quantitative estimate of drug-likeness (QED) is 0.211. The molecular weight excluding hydrogens is 484 g/mol. The first-order chi connectivity index (χ1) is 18.4. The van der Waals surface area contributed by atoms with Gasteiger partial charge in [0.15, 0.2) is 11.5 Å². The second-order valence-corrected chi connectivity index (χ2v) is 9.09. The number of carbonyl (C=O) groups excluding carboxylic acids is 2. The summed E-state index contributed by atoms with van der Waals surface area (Å²) in [5.41, 5.74) is 1.13. The van der Waals surface area contributed by atoms with E-state index in [-0.39, 0.29) is 11.3 Å². The van der Waals surface area contributed by atoms with Crippen molar-refractivity contribution in [2.24, 2.45) is 0 Å². The maximum absolute atomic E-state index is 13.4. The normalized spacial score (nSPS) is 16.8. The van der Waals surface area contributed by atoms with Crippen LogP contribution in [0.4, 0.5) is 0 Å². The fourth-order valence-electron chi connectivity index (χ4n) is 4.70. The summed E-state index contributed by atoms with van der Waals surface area (Å²) in [5.74, 6) is 0.0921. The fraction of sp³-hybridized carbons (Fsp3) is 0.467. The van der Waals surface area contributed by atoms with Crippen molar-refractivity contribution in [1.29, 1.82) is 0 Å². The average molecular weight is 525 g/mol. The minimum atomic E-state index is -0.767. The number of ether oxygens (including phenoxy) is 3. The Hall–Kier alpha value is -3.52. The molecule has 1 unspecified atom stereocenters. The number of hydrogen-bond acceptors (Lipinski definition) is 7. The van der Waals surface area contributed by atoms with Gasteiger partial charge in [-0.05, 0) is 69.2 Å². The van der Waals surface area contributed by atoms with E-state index in [0.717, 1.165) is 26.1 Å². The molecule has 1 aliphatic rings. The Labute approximate surface area is 225 Å². The lowest BCUT2D eigenvalue weighted by atomic mass is 9.95. The van der Waals surface area contributed by atoms with Gasteiger partial charge in [0.25, 0.3) is 11.7 Å². The van der Waals surface area contributed by atoms with Crippen LogP contribution in [0.2, 0.25) is 0 Å². The third-order valence-corrected chi connectivity index (χ3v) is 6.69. The van der Waals surface area contributed by atoms with Crippen molar-refractivity contribution in [1.82, 2.24) is 9.80 Å². The molecule has 1 saturated heterocycles. The monoisotopic (exact) mass is 524 g/mol. The number of likely N-dealkylation sites (tertiary alicyclic amines) is 1. The van der Waals surface area contributed by atoms with Crippen molar-refractivity contribution < 1.29 is 28.9 Å². The number of carbonyl (C=O) groups is 2. The van der Waals surface area contributed by atoms with Crippen LogP contribution in [0.3, 0.4) is 0 Å². The molecule has 0 saturated carbocycles. The van der Waals surface area contributed by atoms with Crippen LogP contribution in [0.1, 0.15) is 57.7 Å². The molecule has 1 heterocycles. The van der Waals surface area contributed by atoms with E-state index in [1.165, 1.54) is 0 Å².